The summed E-state index contributed by atoms with van der Waals surface area (Å²) >= 11 is 9.62. The molecule has 0 aliphatic heterocycles. The zero-order valence-electron chi connectivity index (χ0n) is 10.0. The fourth-order valence-electron chi connectivity index (χ4n) is 1.77. The maximum absolute atomic E-state index is 6.20. The first kappa shape index (κ1) is 13.3. The molecule has 2 nitrogen and oxygen atoms in total. The summed E-state index contributed by atoms with van der Waals surface area (Å²) in [6, 6.07) is 6.86. The Morgan fingerprint density at radius 1 is 1.47 bits per heavy atom. The highest BCUT2D eigenvalue weighted by atomic mass is 79.9. The van der Waals surface area contributed by atoms with E-state index in [9.17, 15) is 0 Å². The van der Waals surface area contributed by atoms with Crippen molar-refractivity contribution in [3.63, 3.8) is 0 Å². The number of nitrogens with one attached hydrogen (secondary N) is 1. The van der Waals surface area contributed by atoms with Crippen LogP contribution in [0.1, 0.15) is 18.4 Å². The van der Waals surface area contributed by atoms with Crippen molar-refractivity contribution in [3.8, 4) is 0 Å². The first-order chi connectivity index (χ1) is 8.15. The highest BCUT2D eigenvalue weighted by Gasteiger charge is 2.19. The topological polar surface area (TPSA) is 15.3 Å². The van der Waals surface area contributed by atoms with Crippen LogP contribution in [0.15, 0.2) is 22.7 Å². The normalized spacial score (nSPS) is 15.5. The van der Waals surface area contributed by atoms with Crippen LogP contribution in [0, 0.1) is 0 Å². The van der Waals surface area contributed by atoms with Crippen LogP contribution in [0.25, 0.3) is 0 Å². The molecule has 0 aromatic heterocycles. The van der Waals surface area contributed by atoms with Crippen LogP contribution in [0.3, 0.4) is 0 Å². The van der Waals surface area contributed by atoms with Gasteiger partial charge in [0.2, 0.25) is 0 Å². The minimum absolute atomic E-state index is 0.791. The van der Waals surface area contributed by atoms with E-state index in [4.69, 9.17) is 11.6 Å². The number of benzene rings is 1. The molecular weight excluding hydrogens is 300 g/mol. The highest BCUT2D eigenvalue weighted by Crippen LogP contribution is 2.22. The third-order valence-electron chi connectivity index (χ3n) is 2.96. The molecule has 1 fully saturated rings. The molecule has 1 aliphatic rings. The summed E-state index contributed by atoms with van der Waals surface area (Å²) in [5.41, 5.74) is 1.18. The Kier molecular flexibility index (Phi) is 4.86. The van der Waals surface area contributed by atoms with E-state index in [2.05, 4.69) is 39.3 Å². The number of rotatable bonds is 6. The largest absolute Gasteiger partial charge is 0.313 e. The zero-order chi connectivity index (χ0) is 12.3. The van der Waals surface area contributed by atoms with Gasteiger partial charge in [-0.25, -0.2) is 0 Å². The van der Waals surface area contributed by atoms with Crippen molar-refractivity contribution in [3.05, 3.63) is 33.3 Å². The average molecular weight is 318 g/mol. The lowest BCUT2D eigenvalue weighted by Gasteiger charge is -2.17. The van der Waals surface area contributed by atoms with Crippen molar-refractivity contribution >= 4 is 27.5 Å². The molecule has 0 radical (unpaired) electrons. The van der Waals surface area contributed by atoms with Crippen LogP contribution >= 0.6 is 27.5 Å². The molecule has 2 rings (SSSR count). The van der Waals surface area contributed by atoms with Gasteiger partial charge < -0.3 is 10.2 Å². The standard InChI is InChI=1S/C13H18BrClN2/c1-17(7-6-16-12-4-5-12)9-10-2-3-11(14)8-13(10)15/h2-3,8,12,16H,4-7,9H2,1H3. The van der Waals surface area contributed by atoms with E-state index in [1.807, 2.05) is 12.1 Å². The Morgan fingerprint density at radius 2 is 2.24 bits per heavy atom. The van der Waals surface area contributed by atoms with Gasteiger partial charge >= 0.3 is 0 Å². The van der Waals surface area contributed by atoms with Crippen LogP contribution in [-0.2, 0) is 6.54 Å². The number of nitrogens with zero attached hydrogens (tertiary/aromatic N) is 1. The molecular formula is C13H18BrClN2. The molecule has 1 saturated carbocycles. The smallest absolute Gasteiger partial charge is 0.0462 e. The molecule has 0 amide bonds. The molecule has 1 N–H and O–H groups in total. The third-order valence-corrected chi connectivity index (χ3v) is 3.80. The fraction of sp³-hybridized carbons (Fsp3) is 0.538. The van der Waals surface area contributed by atoms with E-state index in [1.54, 1.807) is 0 Å². The number of hydrogen-bond acceptors (Lipinski definition) is 2. The van der Waals surface area contributed by atoms with E-state index < -0.39 is 0 Å². The van der Waals surface area contributed by atoms with Crippen LogP contribution in [0.4, 0.5) is 0 Å². The molecule has 0 saturated heterocycles. The van der Waals surface area contributed by atoms with Gasteiger partial charge in [0.05, 0.1) is 0 Å². The Labute approximate surface area is 116 Å². The van der Waals surface area contributed by atoms with Crippen LogP contribution in [-0.4, -0.2) is 31.1 Å². The average Bonchev–Trinajstić information content (AvgIpc) is 3.06. The van der Waals surface area contributed by atoms with Gasteiger partial charge in [0.15, 0.2) is 0 Å². The summed E-state index contributed by atoms with van der Waals surface area (Å²) in [5.74, 6) is 0. The van der Waals surface area contributed by atoms with E-state index in [0.717, 1.165) is 35.2 Å². The molecule has 0 unspecified atom stereocenters. The fourth-order valence-corrected chi connectivity index (χ4v) is 2.50. The van der Waals surface area contributed by atoms with E-state index >= 15 is 0 Å². The molecule has 0 heterocycles. The van der Waals surface area contributed by atoms with Crippen LogP contribution in [0.5, 0.6) is 0 Å². The lowest BCUT2D eigenvalue weighted by Crippen LogP contribution is -2.30. The number of hydrogen-bond donors (Lipinski definition) is 1. The molecule has 4 heteroatoms. The molecule has 17 heavy (non-hydrogen) atoms. The molecule has 0 atom stereocenters. The van der Waals surface area contributed by atoms with Gasteiger partial charge in [-0.15, -0.1) is 0 Å². The van der Waals surface area contributed by atoms with Crippen molar-refractivity contribution in [1.82, 2.24) is 10.2 Å². The first-order valence-electron chi connectivity index (χ1n) is 6.01. The SMILES string of the molecule is CN(CCNC1CC1)Cc1ccc(Br)cc1Cl. The summed E-state index contributed by atoms with van der Waals surface area (Å²) in [5, 5.41) is 4.35. The maximum atomic E-state index is 6.20. The Bertz CT molecular complexity index is 380. The van der Waals surface area contributed by atoms with Crippen molar-refractivity contribution in [1.29, 1.82) is 0 Å². The molecule has 1 aromatic carbocycles. The van der Waals surface area contributed by atoms with Crippen LogP contribution < -0.4 is 5.32 Å². The summed E-state index contributed by atoms with van der Waals surface area (Å²) in [6.07, 6.45) is 2.70. The second-order valence-electron chi connectivity index (χ2n) is 4.70. The lowest BCUT2D eigenvalue weighted by molar-refractivity contribution is 0.324. The predicted octanol–water partition coefficient (Wildman–Crippen LogP) is 3.29. The minimum atomic E-state index is 0.791. The highest BCUT2D eigenvalue weighted by molar-refractivity contribution is 9.10. The second kappa shape index (κ2) is 6.19. The minimum Gasteiger partial charge on any atom is -0.313 e. The summed E-state index contributed by atoms with van der Waals surface area (Å²) in [4.78, 5) is 2.30. The van der Waals surface area contributed by atoms with Gasteiger partial charge in [0.1, 0.15) is 0 Å². The van der Waals surface area contributed by atoms with Crippen LogP contribution in [0.2, 0.25) is 5.02 Å². The van der Waals surface area contributed by atoms with Crippen molar-refractivity contribution in [2.75, 3.05) is 20.1 Å². The van der Waals surface area contributed by atoms with E-state index in [-0.39, 0.29) is 0 Å². The van der Waals surface area contributed by atoms with Gasteiger partial charge in [-0.1, -0.05) is 33.6 Å². The van der Waals surface area contributed by atoms with E-state index in [1.165, 1.54) is 18.4 Å². The van der Waals surface area contributed by atoms with Gasteiger partial charge in [0, 0.05) is 35.2 Å². The molecule has 1 aliphatic carbocycles. The predicted molar refractivity (Wildman–Crippen MR) is 76.5 cm³/mol. The maximum Gasteiger partial charge on any atom is 0.0462 e. The Balaban J connectivity index is 1.77. The van der Waals surface area contributed by atoms with Crippen molar-refractivity contribution in [2.45, 2.75) is 25.4 Å². The lowest BCUT2D eigenvalue weighted by atomic mass is 10.2. The first-order valence-corrected chi connectivity index (χ1v) is 7.18. The van der Waals surface area contributed by atoms with Gasteiger partial charge in [-0.2, -0.15) is 0 Å². The Hall–Kier alpha value is -0.0900. The van der Waals surface area contributed by atoms with Crippen molar-refractivity contribution < 1.29 is 0 Å². The van der Waals surface area contributed by atoms with Crippen molar-refractivity contribution in [2.24, 2.45) is 0 Å². The summed E-state index contributed by atoms with van der Waals surface area (Å²) in [6.45, 7) is 3.02. The second-order valence-corrected chi connectivity index (χ2v) is 6.02. The molecule has 94 valence electrons. The van der Waals surface area contributed by atoms with Gasteiger partial charge in [-0.05, 0) is 37.6 Å². The monoisotopic (exact) mass is 316 g/mol. The number of halogens is 2. The van der Waals surface area contributed by atoms with Gasteiger partial charge in [-0.3, -0.25) is 0 Å². The quantitative estimate of drug-likeness (QED) is 0.866. The molecule has 0 bridgehead atoms. The zero-order valence-corrected chi connectivity index (χ0v) is 12.4. The van der Waals surface area contributed by atoms with E-state index in [0.29, 0.717) is 0 Å². The molecule has 1 aromatic rings. The number of likely N-dealkylation sites (N-methyl/N-ethyl adjacent to an activating group) is 1. The summed E-state index contributed by atoms with van der Waals surface area (Å²) < 4.78 is 1.03. The van der Waals surface area contributed by atoms with Gasteiger partial charge in [0.25, 0.3) is 0 Å². The Morgan fingerprint density at radius 3 is 2.88 bits per heavy atom. The molecule has 0 spiro atoms. The third kappa shape index (κ3) is 4.59. The summed E-state index contributed by atoms with van der Waals surface area (Å²) in [7, 11) is 2.13.